The first-order valence-electron chi connectivity index (χ1n) is 8.52. The van der Waals surface area contributed by atoms with E-state index in [1.54, 1.807) is 0 Å². The zero-order chi connectivity index (χ0) is 16.2. The molecule has 2 aliphatic rings. The maximum absolute atomic E-state index is 11.0. The maximum Gasteiger partial charge on any atom is 0.186 e. The highest BCUT2D eigenvalue weighted by molar-refractivity contribution is 5.06. The van der Waals surface area contributed by atoms with Crippen LogP contribution in [0.1, 0.15) is 51.9 Å². The van der Waals surface area contributed by atoms with Crippen LogP contribution >= 0.6 is 0 Å². The molecule has 1 aliphatic heterocycles. The van der Waals surface area contributed by atoms with Crippen LogP contribution in [0.2, 0.25) is 0 Å². The highest BCUT2D eigenvalue weighted by Gasteiger charge is 2.58. The fourth-order valence-electron chi connectivity index (χ4n) is 3.70. The minimum absolute atomic E-state index is 0.181. The van der Waals surface area contributed by atoms with Crippen LogP contribution in [0.4, 0.5) is 0 Å². The summed E-state index contributed by atoms with van der Waals surface area (Å²) < 4.78 is 11.1. The number of aliphatic hydroxyl groups is 4. The van der Waals surface area contributed by atoms with E-state index in [1.165, 1.54) is 0 Å². The summed E-state index contributed by atoms with van der Waals surface area (Å²) in [4.78, 5) is 0. The van der Waals surface area contributed by atoms with E-state index in [2.05, 4.69) is 0 Å². The van der Waals surface area contributed by atoms with Gasteiger partial charge in [0.05, 0.1) is 6.61 Å². The van der Waals surface area contributed by atoms with Gasteiger partial charge in [-0.15, -0.1) is 0 Å². The van der Waals surface area contributed by atoms with Gasteiger partial charge in [0, 0.05) is 6.61 Å². The quantitative estimate of drug-likeness (QED) is 0.534. The standard InChI is InChI=1S/C16H30O6/c1-2-3-9-21-15-13(18)14(19)16(20,12(10-17)22-15)11-7-5-4-6-8-11/h11-15,17-20H,2-10H2,1H3/t12-,13-,14-,15?,16-/m1/s1. The largest absolute Gasteiger partial charge is 0.394 e. The van der Waals surface area contributed by atoms with Gasteiger partial charge in [-0.25, -0.2) is 0 Å². The number of unbranched alkanes of at least 4 members (excludes halogenated alkanes) is 1. The van der Waals surface area contributed by atoms with Gasteiger partial charge in [0.1, 0.15) is 23.9 Å². The Morgan fingerprint density at radius 1 is 1.18 bits per heavy atom. The molecule has 0 aromatic heterocycles. The summed E-state index contributed by atoms with van der Waals surface area (Å²) in [7, 11) is 0. The Kier molecular flexibility index (Phi) is 6.61. The molecule has 0 bridgehead atoms. The smallest absolute Gasteiger partial charge is 0.186 e. The molecule has 6 nitrogen and oxygen atoms in total. The van der Waals surface area contributed by atoms with Crippen LogP contribution in [0.5, 0.6) is 0 Å². The Balaban J connectivity index is 2.10. The Morgan fingerprint density at radius 2 is 1.86 bits per heavy atom. The van der Waals surface area contributed by atoms with E-state index in [1.807, 2.05) is 6.92 Å². The first-order valence-corrected chi connectivity index (χ1v) is 8.52. The van der Waals surface area contributed by atoms with Crippen molar-refractivity contribution in [2.24, 2.45) is 5.92 Å². The first-order chi connectivity index (χ1) is 10.6. The molecule has 4 N–H and O–H groups in total. The predicted octanol–water partition coefficient (Wildman–Crippen LogP) is 0.553. The summed E-state index contributed by atoms with van der Waals surface area (Å²) in [5.41, 5.74) is -1.63. The van der Waals surface area contributed by atoms with Crippen molar-refractivity contribution < 1.29 is 29.9 Å². The van der Waals surface area contributed by atoms with Crippen molar-refractivity contribution in [1.82, 2.24) is 0 Å². The lowest BCUT2D eigenvalue weighted by Gasteiger charge is -2.52. The molecule has 1 heterocycles. The van der Waals surface area contributed by atoms with Crippen molar-refractivity contribution in [3.05, 3.63) is 0 Å². The molecule has 0 aromatic rings. The van der Waals surface area contributed by atoms with Gasteiger partial charge in [-0.3, -0.25) is 0 Å². The number of hydrogen-bond donors (Lipinski definition) is 4. The number of rotatable bonds is 6. The van der Waals surface area contributed by atoms with Crippen LogP contribution in [-0.2, 0) is 9.47 Å². The third-order valence-corrected chi connectivity index (χ3v) is 5.10. The second-order valence-electron chi connectivity index (χ2n) is 6.56. The van der Waals surface area contributed by atoms with Gasteiger partial charge >= 0.3 is 0 Å². The van der Waals surface area contributed by atoms with E-state index < -0.39 is 36.8 Å². The van der Waals surface area contributed by atoms with Gasteiger partial charge in [-0.1, -0.05) is 32.6 Å². The molecule has 0 aromatic carbocycles. The van der Waals surface area contributed by atoms with Gasteiger partial charge < -0.3 is 29.9 Å². The zero-order valence-electron chi connectivity index (χ0n) is 13.4. The summed E-state index contributed by atoms with van der Waals surface area (Å²) in [5, 5.41) is 41.4. The number of ether oxygens (including phenoxy) is 2. The first kappa shape index (κ1) is 18.1. The molecular weight excluding hydrogens is 288 g/mol. The molecule has 2 rings (SSSR count). The lowest BCUT2D eigenvalue weighted by Crippen LogP contribution is -2.70. The van der Waals surface area contributed by atoms with E-state index in [0.29, 0.717) is 6.61 Å². The molecule has 0 radical (unpaired) electrons. The van der Waals surface area contributed by atoms with E-state index in [9.17, 15) is 20.4 Å². The van der Waals surface area contributed by atoms with Gasteiger partial charge in [0.25, 0.3) is 0 Å². The molecular formula is C16H30O6. The second kappa shape index (κ2) is 8.04. The number of hydrogen-bond acceptors (Lipinski definition) is 6. The van der Waals surface area contributed by atoms with Crippen molar-refractivity contribution in [3.63, 3.8) is 0 Å². The fourth-order valence-corrected chi connectivity index (χ4v) is 3.70. The Morgan fingerprint density at radius 3 is 2.45 bits per heavy atom. The van der Waals surface area contributed by atoms with Gasteiger partial charge in [0.2, 0.25) is 0 Å². The van der Waals surface area contributed by atoms with Gasteiger partial charge in [-0.05, 0) is 25.2 Å². The summed E-state index contributed by atoms with van der Waals surface area (Å²) in [6.45, 7) is 2.02. The maximum atomic E-state index is 11.0. The van der Waals surface area contributed by atoms with Crippen molar-refractivity contribution in [2.75, 3.05) is 13.2 Å². The minimum Gasteiger partial charge on any atom is -0.394 e. The molecule has 2 fully saturated rings. The normalized spacial score (nSPS) is 40.8. The van der Waals surface area contributed by atoms with Crippen LogP contribution in [0, 0.1) is 5.92 Å². The molecule has 1 saturated heterocycles. The minimum atomic E-state index is -1.63. The molecule has 130 valence electrons. The Labute approximate surface area is 132 Å². The molecule has 0 spiro atoms. The average molecular weight is 318 g/mol. The van der Waals surface area contributed by atoms with Crippen LogP contribution in [0.15, 0.2) is 0 Å². The topological polar surface area (TPSA) is 99.4 Å². The Bertz CT molecular complexity index is 329. The summed E-state index contributed by atoms with van der Waals surface area (Å²) in [6, 6.07) is 0. The van der Waals surface area contributed by atoms with Gasteiger partial charge in [0.15, 0.2) is 6.29 Å². The second-order valence-corrected chi connectivity index (χ2v) is 6.56. The monoisotopic (exact) mass is 318 g/mol. The lowest BCUT2D eigenvalue weighted by atomic mass is 9.69. The van der Waals surface area contributed by atoms with Crippen LogP contribution in [0.3, 0.4) is 0 Å². The van der Waals surface area contributed by atoms with Crippen LogP contribution in [-0.4, -0.2) is 63.8 Å². The highest BCUT2D eigenvalue weighted by Crippen LogP contribution is 2.42. The Hall–Kier alpha value is -0.240. The van der Waals surface area contributed by atoms with Crippen molar-refractivity contribution in [3.8, 4) is 0 Å². The van der Waals surface area contributed by atoms with Crippen molar-refractivity contribution in [1.29, 1.82) is 0 Å². The molecule has 1 unspecified atom stereocenters. The molecule has 22 heavy (non-hydrogen) atoms. The zero-order valence-corrected chi connectivity index (χ0v) is 13.4. The average Bonchev–Trinajstić information content (AvgIpc) is 2.56. The predicted molar refractivity (Wildman–Crippen MR) is 80.1 cm³/mol. The summed E-state index contributed by atoms with van der Waals surface area (Å²) in [5.74, 6) is -0.181. The highest BCUT2D eigenvalue weighted by atomic mass is 16.7. The van der Waals surface area contributed by atoms with E-state index >= 15 is 0 Å². The molecule has 0 amide bonds. The molecule has 1 saturated carbocycles. The third kappa shape index (κ3) is 3.47. The van der Waals surface area contributed by atoms with Crippen molar-refractivity contribution >= 4 is 0 Å². The van der Waals surface area contributed by atoms with E-state index in [4.69, 9.17) is 9.47 Å². The molecule has 1 aliphatic carbocycles. The van der Waals surface area contributed by atoms with E-state index in [-0.39, 0.29) is 5.92 Å². The van der Waals surface area contributed by atoms with Crippen LogP contribution < -0.4 is 0 Å². The molecule has 6 heteroatoms. The van der Waals surface area contributed by atoms with Gasteiger partial charge in [-0.2, -0.15) is 0 Å². The molecule has 5 atom stereocenters. The summed E-state index contributed by atoms with van der Waals surface area (Å²) in [6.07, 6.45) is 1.71. The number of aliphatic hydroxyl groups excluding tert-OH is 3. The van der Waals surface area contributed by atoms with Crippen molar-refractivity contribution in [2.45, 2.75) is 82.1 Å². The third-order valence-electron chi connectivity index (χ3n) is 5.10. The fraction of sp³-hybridized carbons (Fsp3) is 1.00. The van der Waals surface area contributed by atoms with Crippen LogP contribution in [0.25, 0.3) is 0 Å². The lowest BCUT2D eigenvalue weighted by molar-refractivity contribution is -0.344. The summed E-state index contributed by atoms with van der Waals surface area (Å²) >= 11 is 0. The SMILES string of the molecule is CCCCOC1O[C@H](CO)[C@](O)(C2CCCCC2)[C@H](O)[C@H]1O. The van der Waals surface area contributed by atoms with E-state index in [0.717, 1.165) is 44.9 Å².